The maximum atomic E-state index is 13.4. The molecule has 0 saturated heterocycles. The predicted molar refractivity (Wildman–Crippen MR) is 180 cm³/mol. The van der Waals surface area contributed by atoms with Gasteiger partial charge in [0.1, 0.15) is 30.1 Å². The third-order valence-corrected chi connectivity index (χ3v) is 7.90. The van der Waals surface area contributed by atoms with Crippen LogP contribution in [0.2, 0.25) is 0 Å². The summed E-state index contributed by atoms with van der Waals surface area (Å²) in [5.41, 5.74) is 2.92. The zero-order valence-electron chi connectivity index (χ0n) is 27.9. The van der Waals surface area contributed by atoms with E-state index < -0.39 is 0 Å². The Morgan fingerprint density at radius 1 is 0.980 bits per heavy atom. The van der Waals surface area contributed by atoms with E-state index in [4.69, 9.17) is 18.9 Å². The second-order valence-corrected chi connectivity index (χ2v) is 11.4. The van der Waals surface area contributed by atoms with Crippen LogP contribution in [0.3, 0.4) is 0 Å². The fraction of sp³-hybridized carbons (Fsp3) is 0.429. The van der Waals surface area contributed by atoms with Gasteiger partial charge in [0.05, 0.1) is 32.9 Å². The summed E-state index contributed by atoms with van der Waals surface area (Å²) in [5.74, 6) is 2.31. The number of hydrogen-bond acceptors (Lipinski definition) is 12. The quantitative estimate of drug-likeness (QED) is 0.108. The van der Waals surface area contributed by atoms with Crippen molar-refractivity contribution in [2.45, 2.75) is 44.7 Å². The molecule has 2 aromatic carbocycles. The van der Waals surface area contributed by atoms with Gasteiger partial charge in [-0.15, -0.1) is 10.2 Å². The van der Waals surface area contributed by atoms with Crippen molar-refractivity contribution in [3.8, 4) is 23.0 Å². The summed E-state index contributed by atoms with van der Waals surface area (Å²) >= 11 is 0. The number of carbonyl (C=O) groups is 2. The maximum absolute atomic E-state index is 13.4. The minimum Gasteiger partial charge on any atom is -0.494 e. The van der Waals surface area contributed by atoms with Crippen molar-refractivity contribution < 1.29 is 33.3 Å². The van der Waals surface area contributed by atoms with Gasteiger partial charge >= 0.3 is 5.97 Å². The number of fused-ring (bicyclic) bond motifs is 1. The molecule has 0 fully saturated rings. The lowest BCUT2D eigenvalue weighted by Crippen LogP contribution is -2.32. The van der Waals surface area contributed by atoms with Gasteiger partial charge in [0.25, 0.3) is 5.91 Å². The highest BCUT2D eigenvalue weighted by Crippen LogP contribution is 2.35. The zero-order valence-corrected chi connectivity index (χ0v) is 27.9. The fourth-order valence-electron chi connectivity index (χ4n) is 5.22. The first-order valence-corrected chi connectivity index (χ1v) is 16.4. The largest absolute Gasteiger partial charge is 0.494 e. The van der Waals surface area contributed by atoms with Crippen molar-refractivity contribution in [3.63, 3.8) is 0 Å². The highest BCUT2D eigenvalue weighted by Gasteiger charge is 2.24. The number of hydrogen-bond donors (Lipinski definition) is 2. The summed E-state index contributed by atoms with van der Waals surface area (Å²) in [4.78, 5) is 32.6. The third-order valence-electron chi connectivity index (χ3n) is 7.90. The van der Waals surface area contributed by atoms with Crippen LogP contribution in [0.5, 0.6) is 11.5 Å². The van der Waals surface area contributed by atoms with Crippen LogP contribution in [-0.4, -0.2) is 83.4 Å². The van der Waals surface area contributed by atoms with Crippen molar-refractivity contribution in [2.75, 3.05) is 52.1 Å². The lowest BCUT2D eigenvalue weighted by atomic mass is 9.99. The van der Waals surface area contributed by atoms with E-state index in [9.17, 15) is 9.59 Å². The number of carbonyl (C=O) groups excluding carboxylic acids is 2. The Bertz CT molecular complexity index is 1650. The number of nitrogens with one attached hydrogen (secondary N) is 2. The van der Waals surface area contributed by atoms with Crippen molar-refractivity contribution in [3.05, 3.63) is 78.0 Å². The van der Waals surface area contributed by atoms with Crippen molar-refractivity contribution >= 4 is 17.6 Å². The van der Waals surface area contributed by atoms with Gasteiger partial charge in [-0.1, -0.05) is 6.07 Å². The molecule has 4 aromatic rings. The van der Waals surface area contributed by atoms with Crippen LogP contribution >= 0.6 is 0 Å². The van der Waals surface area contributed by atoms with Crippen LogP contribution in [0.1, 0.15) is 59.9 Å². The number of amides is 1. The van der Waals surface area contributed by atoms with Crippen molar-refractivity contribution in [1.82, 2.24) is 30.0 Å². The van der Waals surface area contributed by atoms with Crippen LogP contribution in [-0.2, 0) is 32.6 Å². The molecule has 260 valence electrons. The first-order valence-electron chi connectivity index (χ1n) is 16.4. The third kappa shape index (κ3) is 10.5. The Morgan fingerprint density at radius 3 is 2.69 bits per heavy atom. The molecule has 0 spiro atoms. The standard InChI is InChI=1S/C35H43N7O7/c1-42-32(40-41-34(42)30-12-14-36-24-38-30)22-37-26-9-6-8-25(20-26)35(44)39-29-13-19-49-31-11-10-27(21-28(29)31)48-18-5-3-4-15-46-16-7-17-47-23-33(43)45-2/h6,8-12,14,20-21,24,29,37H,3-5,7,13,15-19,22-23H2,1-2H3,(H,39,44)/t29-/m0/s1. The summed E-state index contributed by atoms with van der Waals surface area (Å²) in [6, 6.07) is 14.7. The van der Waals surface area contributed by atoms with E-state index in [1.807, 2.05) is 48.0 Å². The zero-order chi connectivity index (χ0) is 34.3. The normalized spacial score (nSPS) is 13.6. The van der Waals surface area contributed by atoms with E-state index in [0.29, 0.717) is 63.1 Å². The lowest BCUT2D eigenvalue weighted by molar-refractivity contribution is -0.146. The van der Waals surface area contributed by atoms with Gasteiger partial charge in [-0.2, -0.15) is 0 Å². The lowest BCUT2D eigenvalue weighted by Gasteiger charge is -2.27. The minimum atomic E-state index is -0.378. The highest BCUT2D eigenvalue weighted by molar-refractivity contribution is 5.95. The van der Waals surface area contributed by atoms with Crippen LogP contribution in [0.15, 0.2) is 61.1 Å². The summed E-state index contributed by atoms with van der Waals surface area (Å²) in [6.07, 6.45) is 7.32. The van der Waals surface area contributed by atoms with E-state index in [0.717, 1.165) is 54.3 Å². The van der Waals surface area contributed by atoms with Crippen LogP contribution in [0, 0.1) is 0 Å². The molecule has 14 heteroatoms. The maximum Gasteiger partial charge on any atom is 0.331 e. The first-order chi connectivity index (χ1) is 24.0. The highest BCUT2D eigenvalue weighted by atomic mass is 16.6. The second-order valence-electron chi connectivity index (χ2n) is 11.4. The number of methoxy groups -OCH3 is 1. The average molecular weight is 674 g/mol. The molecule has 1 atom stereocenters. The molecule has 1 aliphatic rings. The van der Waals surface area contributed by atoms with E-state index in [1.54, 1.807) is 18.3 Å². The Balaban J connectivity index is 1.05. The van der Waals surface area contributed by atoms with Gasteiger partial charge in [-0.05, 0) is 68.1 Å². The van der Waals surface area contributed by atoms with Gasteiger partial charge in [-0.25, -0.2) is 14.8 Å². The molecule has 14 nitrogen and oxygen atoms in total. The monoisotopic (exact) mass is 673 g/mol. The summed E-state index contributed by atoms with van der Waals surface area (Å²) in [5, 5.41) is 15.1. The number of benzene rings is 2. The molecular formula is C35H43N7O7. The van der Waals surface area contributed by atoms with E-state index >= 15 is 0 Å². The molecule has 0 bridgehead atoms. The molecule has 1 amide bonds. The van der Waals surface area contributed by atoms with Crippen LogP contribution < -0.4 is 20.1 Å². The summed E-state index contributed by atoms with van der Waals surface area (Å²) in [6.45, 7) is 3.19. The molecule has 5 rings (SSSR count). The number of anilines is 1. The van der Waals surface area contributed by atoms with Crippen LogP contribution in [0.4, 0.5) is 5.69 Å². The fourth-order valence-corrected chi connectivity index (χ4v) is 5.22. The number of esters is 1. The van der Waals surface area contributed by atoms with Gasteiger partial charge in [0.2, 0.25) is 0 Å². The van der Waals surface area contributed by atoms with Crippen molar-refractivity contribution in [1.29, 1.82) is 0 Å². The second kappa shape index (κ2) is 18.5. The minimum absolute atomic E-state index is 0.0308. The van der Waals surface area contributed by atoms with Gasteiger partial charge in [-0.3, -0.25) is 4.79 Å². The Hall–Kier alpha value is -5.08. The first kappa shape index (κ1) is 35.2. The average Bonchev–Trinajstić information content (AvgIpc) is 3.51. The molecular weight excluding hydrogens is 630 g/mol. The van der Waals surface area contributed by atoms with Crippen LogP contribution in [0.25, 0.3) is 11.5 Å². The molecule has 3 heterocycles. The molecule has 1 aliphatic heterocycles. The van der Waals surface area contributed by atoms with E-state index in [2.05, 4.69) is 35.5 Å². The molecule has 0 radical (unpaired) electrons. The number of nitrogens with zero attached hydrogens (tertiary/aromatic N) is 5. The van der Waals surface area contributed by atoms with E-state index in [1.165, 1.54) is 13.4 Å². The molecule has 0 aliphatic carbocycles. The summed E-state index contributed by atoms with van der Waals surface area (Å²) < 4.78 is 29.1. The molecule has 2 N–H and O–H groups in total. The molecule has 2 aromatic heterocycles. The smallest absolute Gasteiger partial charge is 0.331 e. The number of unbranched alkanes of at least 4 members (excludes halogenated alkanes) is 2. The number of aromatic nitrogens is 5. The van der Waals surface area contributed by atoms with Gasteiger partial charge in [0, 0.05) is 56.3 Å². The Morgan fingerprint density at radius 2 is 1.84 bits per heavy atom. The number of rotatable bonds is 19. The molecule has 49 heavy (non-hydrogen) atoms. The van der Waals surface area contributed by atoms with Gasteiger partial charge in [0.15, 0.2) is 11.6 Å². The molecule has 0 saturated carbocycles. The Kier molecular flexibility index (Phi) is 13.3. The van der Waals surface area contributed by atoms with Gasteiger partial charge < -0.3 is 38.9 Å². The number of ether oxygens (including phenoxy) is 5. The van der Waals surface area contributed by atoms with Crippen molar-refractivity contribution in [2.24, 2.45) is 7.05 Å². The van der Waals surface area contributed by atoms with E-state index in [-0.39, 0.29) is 24.5 Å². The topological polar surface area (TPSA) is 161 Å². The SMILES string of the molecule is COC(=O)COCCCOCCCCCOc1ccc2c(c1)[C@@H](NC(=O)c1cccc(NCc3nnc(-c4ccncn4)n3C)c1)CCO2. The Labute approximate surface area is 285 Å². The summed E-state index contributed by atoms with van der Waals surface area (Å²) in [7, 11) is 3.22. The predicted octanol–water partition coefficient (Wildman–Crippen LogP) is 4.28. The molecule has 0 unspecified atom stereocenters.